The lowest BCUT2D eigenvalue weighted by molar-refractivity contribution is -0.122. The number of aryl methyl sites for hydroxylation is 1. The number of para-hydroxylation sites is 1. The number of nitrogens with zero attached hydrogens (tertiary/aromatic N) is 1. The van der Waals surface area contributed by atoms with E-state index in [4.69, 9.17) is 4.74 Å². The Kier molecular flexibility index (Phi) is 5.95. The molecule has 0 bridgehead atoms. The maximum atomic E-state index is 13.1. The lowest BCUT2D eigenvalue weighted by Gasteiger charge is -2.32. The van der Waals surface area contributed by atoms with Crippen molar-refractivity contribution in [1.29, 1.82) is 0 Å². The fourth-order valence-electron chi connectivity index (χ4n) is 4.39. The van der Waals surface area contributed by atoms with Crippen LogP contribution in [0.1, 0.15) is 40.1 Å². The number of hydrogen-bond donors (Lipinski definition) is 1. The first kappa shape index (κ1) is 20.8. The second kappa shape index (κ2) is 9.17. The number of benzene rings is 2. The fourth-order valence-corrected chi connectivity index (χ4v) is 5.56. The number of likely N-dealkylation sites (tertiary alicyclic amines) is 1. The molecule has 3 heterocycles. The van der Waals surface area contributed by atoms with Crippen molar-refractivity contribution in [3.8, 4) is 16.2 Å². The highest BCUT2D eigenvalue weighted by atomic mass is 32.1. The van der Waals surface area contributed by atoms with E-state index in [1.807, 2.05) is 65.6 Å². The van der Waals surface area contributed by atoms with Crippen LogP contribution in [0.25, 0.3) is 10.4 Å². The zero-order valence-corrected chi connectivity index (χ0v) is 18.7. The molecule has 2 aliphatic rings. The van der Waals surface area contributed by atoms with E-state index < -0.39 is 0 Å². The molecule has 1 fully saturated rings. The third kappa shape index (κ3) is 4.41. The van der Waals surface area contributed by atoms with Gasteiger partial charge in [-0.05, 0) is 43.0 Å². The first-order valence-corrected chi connectivity index (χ1v) is 12.0. The Morgan fingerprint density at radius 3 is 2.59 bits per heavy atom. The monoisotopic (exact) mass is 446 g/mol. The molecule has 1 aromatic heterocycles. The first-order chi connectivity index (χ1) is 15.7. The molecule has 1 saturated heterocycles. The lowest BCUT2D eigenvalue weighted by Crippen LogP contribution is -2.46. The van der Waals surface area contributed by atoms with Crippen LogP contribution in [0.15, 0.2) is 60.7 Å². The van der Waals surface area contributed by atoms with E-state index in [0.717, 1.165) is 45.9 Å². The van der Waals surface area contributed by atoms with E-state index in [-0.39, 0.29) is 17.9 Å². The highest BCUT2D eigenvalue weighted by molar-refractivity contribution is 7.17. The summed E-state index contributed by atoms with van der Waals surface area (Å²) in [5, 5.41) is 3.15. The molecule has 164 valence electrons. The summed E-state index contributed by atoms with van der Waals surface area (Å²) >= 11 is 1.55. The average molecular weight is 447 g/mol. The van der Waals surface area contributed by atoms with Crippen LogP contribution < -0.4 is 10.1 Å². The molecule has 5 rings (SSSR count). The number of ether oxygens (including phenoxy) is 1. The number of hydrogen-bond acceptors (Lipinski definition) is 4. The average Bonchev–Trinajstić information content (AvgIpc) is 3.28. The fraction of sp³-hybridized carbons (Fsp3) is 0.308. The number of rotatable bonds is 5. The number of amides is 2. The topological polar surface area (TPSA) is 58.6 Å². The Morgan fingerprint density at radius 2 is 1.78 bits per heavy atom. The number of carbonyl (C=O) groups is 2. The quantitative estimate of drug-likeness (QED) is 0.620. The molecule has 2 aromatic carbocycles. The van der Waals surface area contributed by atoms with Gasteiger partial charge in [-0.1, -0.05) is 42.5 Å². The molecule has 1 N–H and O–H groups in total. The summed E-state index contributed by atoms with van der Waals surface area (Å²) in [5.74, 6) is 1.05. The summed E-state index contributed by atoms with van der Waals surface area (Å²) in [7, 11) is 0. The van der Waals surface area contributed by atoms with E-state index in [2.05, 4.69) is 5.32 Å². The predicted molar refractivity (Wildman–Crippen MR) is 126 cm³/mol. The second-order valence-electron chi connectivity index (χ2n) is 8.37. The minimum Gasteiger partial charge on any atom is -0.488 e. The minimum atomic E-state index is 0.0794. The van der Waals surface area contributed by atoms with Crippen LogP contribution in [0, 0.1) is 0 Å². The zero-order valence-electron chi connectivity index (χ0n) is 17.9. The van der Waals surface area contributed by atoms with Crippen molar-refractivity contribution >= 4 is 23.2 Å². The Hall–Kier alpha value is -3.12. The molecular formula is C26H26N2O3S. The number of piperidine rings is 1. The van der Waals surface area contributed by atoms with Crippen LogP contribution >= 0.6 is 11.3 Å². The second-order valence-corrected chi connectivity index (χ2v) is 9.42. The van der Waals surface area contributed by atoms with Crippen LogP contribution in [-0.4, -0.2) is 35.8 Å². The molecule has 6 heteroatoms. The summed E-state index contributed by atoms with van der Waals surface area (Å²) in [4.78, 5) is 29.3. The van der Waals surface area contributed by atoms with E-state index in [1.54, 1.807) is 11.3 Å². The summed E-state index contributed by atoms with van der Waals surface area (Å²) in [6.07, 6.45) is 2.83. The van der Waals surface area contributed by atoms with Crippen LogP contribution in [0.3, 0.4) is 0 Å². The van der Waals surface area contributed by atoms with E-state index in [1.165, 1.54) is 5.56 Å². The van der Waals surface area contributed by atoms with Crippen molar-refractivity contribution in [3.63, 3.8) is 0 Å². The van der Waals surface area contributed by atoms with Crippen molar-refractivity contribution in [3.05, 3.63) is 76.7 Å². The Morgan fingerprint density at radius 1 is 1.03 bits per heavy atom. The first-order valence-electron chi connectivity index (χ1n) is 11.1. The van der Waals surface area contributed by atoms with Gasteiger partial charge in [-0.3, -0.25) is 9.59 Å². The number of fused-ring (bicyclic) bond motifs is 3. The standard InChI is InChI=1S/C26H26N2O3S/c29-24(11-10-18-6-2-1-3-7-18)27-20-12-14-28(15-13-20)26(30)23-16-19-17-31-22-9-5-4-8-21(22)25(19)32-23/h1-9,16,20H,10-15,17H2,(H,27,29). The van der Waals surface area contributed by atoms with E-state index >= 15 is 0 Å². The molecule has 0 unspecified atom stereocenters. The maximum Gasteiger partial charge on any atom is 0.263 e. The van der Waals surface area contributed by atoms with Gasteiger partial charge >= 0.3 is 0 Å². The van der Waals surface area contributed by atoms with E-state index in [9.17, 15) is 9.59 Å². The molecule has 32 heavy (non-hydrogen) atoms. The minimum absolute atomic E-state index is 0.0794. The van der Waals surface area contributed by atoms with Crippen molar-refractivity contribution < 1.29 is 14.3 Å². The summed E-state index contributed by atoms with van der Waals surface area (Å²) < 4.78 is 5.83. The van der Waals surface area contributed by atoms with Crippen molar-refractivity contribution in [1.82, 2.24) is 10.2 Å². The van der Waals surface area contributed by atoms with Crippen LogP contribution in [0.5, 0.6) is 5.75 Å². The van der Waals surface area contributed by atoms with Crippen molar-refractivity contribution in [2.75, 3.05) is 13.1 Å². The third-order valence-electron chi connectivity index (χ3n) is 6.17. The predicted octanol–water partition coefficient (Wildman–Crippen LogP) is 4.66. The van der Waals surface area contributed by atoms with E-state index in [0.29, 0.717) is 26.1 Å². The van der Waals surface area contributed by atoms with Gasteiger partial charge in [-0.15, -0.1) is 11.3 Å². The normalized spacial score (nSPS) is 15.4. The number of thiophene rings is 1. The Balaban J connectivity index is 1.15. The van der Waals surface area contributed by atoms with Crippen LogP contribution in [-0.2, 0) is 17.8 Å². The summed E-state index contributed by atoms with van der Waals surface area (Å²) in [6, 6.07) is 20.2. The van der Waals surface area contributed by atoms with Gasteiger partial charge in [0.1, 0.15) is 12.4 Å². The van der Waals surface area contributed by atoms with Gasteiger partial charge < -0.3 is 15.0 Å². The largest absolute Gasteiger partial charge is 0.488 e. The molecule has 5 nitrogen and oxygen atoms in total. The van der Waals surface area contributed by atoms with Gasteiger partial charge in [0.2, 0.25) is 5.91 Å². The molecule has 0 radical (unpaired) electrons. The van der Waals surface area contributed by atoms with Gasteiger partial charge in [0, 0.05) is 41.6 Å². The molecule has 0 spiro atoms. The summed E-state index contributed by atoms with van der Waals surface area (Å²) in [5.41, 5.74) is 3.32. The van der Waals surface area contributed by atoms with Gasteiger partial charge in [0.15, 0.2) is 0 Å². The van der Waals surface area contributed by atoms with Gasteiger partial charge in [0.25, 0.3) is 5.91 Å². The summed E-state index contributed by atoms with van der Waals surface area (Å²) in [6.45, 7) is 1.84. The molecule has 3 aromatic rings. The number of carbonyl (C=O) groups excluding carboxylic acids is 2. The van der Waals surface area contributed by atoms with Gasteiger partial charge in [0.05, 0.1) is 4.88 Å². The molecule has 0 saturated carbocycles. The zero-order chi connectivity index (χ0) is 21.9. The maximum absolute atomic E-state index is 13.1. The van der Waals surface area contributed by atoms with Gasteiger partial charge in [-0.25, -0.2) is 0 Å². The van der Waals surface area contributed by atoms with Gasteiger partial charge in [-0.2, -0.15) is 0 Å². The smallest absolute Gasteiger partial charge is 0.263 e. The number of nitrogens with one attached hydrogen (secondary N) is 1. The molecule has 0 aliphatic carbocycles. The van der Waals surface area contributed by atoms with Crippen LogP contribution in [0.4, 0.5) is 0 Å². The Bertz CT molecular complexity index is 1120. The third-order valence-corrected chi connectivity index (χ3v) is 7.36. The SMILES string of the molecule is O=C(CCc1ccccc1)NC1CCN(C(=O)c2cc3c(s2)-c2ccccc2OC3)CC1. The highest BCUT2D eigenvalue weighted by Gasteiger charge is 2.28. The Labute approximate surface area is 192 Å². The van der Waals surface area contributed by atoms with Crippen LogP contribution in [0.2, 0.25) is 0 Å². The molecule has 2 amide bonds. The van der Waals surface area contributed by atoms with Crippen molar-refractivity contribution in [2.24, 2.45) is 0 Å². The molecule has 0 atom stereocenters. The molecule has 2 aliphatic heterocycles. The molecular weight excluding hydrogens is 420 g/mol. The highest BCUT2D eigenvalue weighted by Crippen LogP contribution is 2.42. The lowest BCUT2D eigenvalue weighted by atomic mass is 10.0. The van der Waals surface area contributed by atoms with Crippen molar-refractivity contribution in [2.45, 2.75) is 38.3 Å².